The number of furan rings is 1. The molecule has 8 heteroatoms. The lowest BCUT2D eigenvalue weighted by atomic mass is 9.98. The first-order valence-electron chi connectivity index (χ1n) is 13.7. The Hall–Kier alpha value is -3.65. The fourth-order valence-electron chi connectivity index (χ4n) is 6.34. The average molecular weight is 513 g/mol. The minimum Gasteiger partial charge on any atom is -0.464 e. The van der Waals surface area contributed by atoms with Crippen LogP contribution in [0.25, 0.3) is 22.1 Å². The van der Waals surface area contributed by atoms with Crippen LogP contribution in [-0.2, 0) is 9.53 Å². The first-order chi connectivity index (χ1) is 18.6. The number of rotatable bonds is 4. The molecule has 1 aromatic heterocycles. The summed E-state index contributed by atoms with van der Waals surface area (Å²) in [5.74, 6) is 0.986. The minimum atomic E-state index is -0.815. The second-order valence-corrected chi connectivity index (χ2v) is 11.0. The Morgan fingerprint density at radius 1 is 0.974 bits per heavy atom. The van der Waals surface area contributed by atoms with Gasteiger partial charge in [0, 0.05) is 56.7 Å². The lowest BCUT2D eigenvalue weighted by Crippen LogP contribution is -2.46. The maximum absolute atomic E-state index is 13.7. The molecule has 7 rings (SSSR count). The Bertz CT molecular complexity index is 1400. The largest absolute Gasteiger partial charge is 0.464 e. The number of hydrogen-bond acceptors (Lipinski definition) is 5. The number of hydrogen-bond donors (Lipinski definition) is 0. The Kier molecular flexibility index (Phi) is 5.73. The van der Waals surface area contributed by atoms with Crippen molar-refractivity contribution in [2.75, 3.05) is 45.9 Å². The van der Waals surface area contributed by atoms with Gasteiger partial charge in [-0.2, -0.15) is 0 Å². The lowest BCUT2D eigenvalue weighted by Gasteiger charge is -2.26. The van der Waals surface area contributed by atoms with Crippen LogP contribution in [0.2, 0.25) is 0 Å². The van der Waals surface area contributed by atoms with Crippen molar-refractivity contribution in [3.63, 3.8) is 0 Å². The third-order valence-corrected chi connectivity index (χ3v) is 8.52. The van der Waals surface area contributed by atoms with Crippen molar-refractivity contribution in [1.29, 1.82) is 0 Å². The minimum absolute atomic E-state index is 0.0313. The zero-order valence-electron chi connectivity index (χ0n) is 21.5. The van der Waals surface area contributed by atoms with Crippen molar-refractivity contribution in [1.82, 2.24) is 14.7 Å². The summed E-state index contributed by atoms with van der Waals surface area (Å²) in [5.41, 5.74) is 3.19. The summed E-state index contributed by atoms with van der Waals surface area (Å²) in [5, 5.41) is 1.07. The van der Waals surface area contributed by atoms with Crippen molar-refractivity contribution in [3.8, 4) is 11.1 Å². The van der Waals surface area contributed by atoms with Crippen LogP contribution in [0.15, 0.2) is 64.2 Å². The number of benzene rings is 2. The standard InChI is InChI=1S/C30H32N4O4/c35-28-30(11-16-37-20-30)31-27(34(28)19-21-9-14-33(18-21)29(36)32-12-1-2-13-32)23-5-3-22(4-6-23)24-7-8-26-25(17-24)10-15-38-26/h3-8,10,15,17,21H,1-2,9,11-14,16,18-20H2. The number of likely N-dealkylation sites (tertiary alicyclic amines) is 2. The smallest absolute Gasteiger partial charge is 0.320 e. The Labute approximate surface area is 221 Å². The van der Waals surface area contributed by atoms with Gasteiger partial charge in [0.25, 0.3) is 5.91 Å². The molecule has 3 fully saturated rings. The van der Waals surface area contributed by atoms with Crippen LogP contribution in [0.3, 0.4) is 0 Å². The highest BCUT2D eigenvalue weighted by Crippen LogP contribution is 2.35. The molecule has 4 aliphatic heterocycles. The fourth-order valence-corrected chi connectivity index (χ4v) is 6.34. The number of carbonyl (C=O) groups excluding carboxylic acids is 2. The van der Waals surface area contributed by atoms with Crippen molar-refractivity contribution in [2.45, 2.75) is 31.2 Å². The van der Waals surface area contributed by atoms with Crippen molar-refractivity contribution in [3.05, 3.63) is 60.4 Å². The fraction of sp³-hybridized carbons (Fsp3) is 0.433. The predicted octanol–water partition coefficient (Wildman–Crippen LogP) is 4.39. The number of ether oxygens (including phenoxy) is 1. The van der Waals surface area contributed by atoms with Gasteiger partial charge in [0.15, 0.2) is 5.54 Å². The van der Waals surface area contributed by atoms with Gasteiger partial charge in [-0.3, -0.25) is 9.69 Å². The van der Waals surface area contributed by atoms with E-state index in [0.717, 1.165) is 72.4 Å². The molecular formula is C30H32N4O4. The van der Waals surface area contributed by atoms with Crippen LogP contribution in [0.1, 0.15) is 31.2 Å². The molecule has 2 aromatic carbocycles. The van der Waals surface area contributed by atoms with Gasteiger partial charge in [0.1, 0.15) is 11.4 Å². The summed E-state index contributed by atoms with van der Waals surface area (Å²) < 4.78 is 11.1. The lowest BCUT2D eigenvalue weighted by molar-refractivity contribution is -0.131. The molecule has 3 aromatic rings. The molecule has 0 bridgehead atoms. The monoisotopic (exact) mass is 512 g/mol. The van der Waals surface area contributed by atoms with Gasteiger partial charge in [-0.15, -0.1) is 0 Å². The van der Waals surface area contributed by atoms with Gasteiger partial charge in [-0.05, 0) is 54.5 Å². The molecule has 2 unspecified atom stereocenters. The molecule has 3 saturated heterocycles. The van der Waals surface area contributed by atoms with E-state index in [4.69, 9.17) is 14.1 Å². The van der Waals surface area contributed by atoms with E-state index < -0.39 is 5.54 Å². The SMILES string of the molecule is O=C(N1CCCC1)N1CCC(CN2C(=O)C3(CCOC3)N=C2c2ccc(-c3ccc4occc4c3)cc2)C1. The van der Waals surface area contributed by atoms with Crippen LogP contribution in [0.4, 0.5) is 4.79 Å². The average Bonchev–Trinajstić information content (AvgIpc) is 3.78. The van der Waals surface area contributed by atoms with E-state index in [-0.39, 0.29) is 17.9 Å². The van der Waals surface area contributed by atoms with Gasteiger partial charge >= 0.3 is 6.03 Å². The van der Waals surface area contributed by atoms with E-state index in [9.17, 15) is 9.59 Å². The number of amidine groups is 1. The Morgan fingerprint density at radius 3 is 2.55 bits per heavy atom. The number of aliphatic imine (C=N–C) groups is 1. The Morgan fingerprint density at radius 2 is 1.76 bits per heavy atom. The number of urea groups is 1. The van der Waals surface area contributed by atoms with E-state index in [2.05, 4.69) is 36.4 Å². The molecular weight excluding hydrogens is 480 g/mol. The summed E-state index contributed by atoms with van der Waals surface area (Å²) in [6.45, 7) is 4.60. The second-order valence-electron chi connectivity index (χ2n) is 11.0. The van der Waals surface area contributed by atoms with Crippen LogP contribution < -0.4 is 0 Å². The molecule has 0 radical (unpaired) electrons. The molecule has 0 aliphatic carbocycles. The first-order valence-corrected chi connectivity index (χ1v) is 13.7. The van der Waals surface area contributed by atoms with Gasteiger partial charge in [-0.25, -0.2) is 9.79 Å². The molecule has 196 valence electrons. The molecule has 2 atom stereocenters. The summed E-state index contributed by atoms with van der Waals surface area (Å²) in [6.07, 6.45) is 5.39. The van der Waals surface area contributed by atoms with Crippen molar-refractivity contribution in [2.24, 2.45) is 10.9 Å². The number of fused-ring (bicyclic) bond motifs is 1. The second kappa shape index (κ2) is 9.27. The van der Waals surface area contributed by atoms with Gasteiger partial charge in [0.05, 0.1) is 12.9 Å². The topological polar surface area (TPSA) is 78.6 Å². The van der Waals surface area contributed by atoms with Crippen molar-refractivity contribution < 1.29 is 18.7 Å². The van der Waals surface area contributed by atoms with E-state index >= 15 is 0 Å². The molecule has 3 amide bonds. The zero-order chi connectivity index (χ0) is 25.7. The zero-order valence-corrected chi connectivity index (χ0v) is 21.5. The predicted molar refractivity (Wildman–Crippen MR) is 144 cm³/mol. The normalized spacial score (nSPS) is 25.4. The molecule has 38 heavy (non-hydrogen) atoms. The molecule has 8 nitrogen and oxygen atoms in total. The summed E-state index contributed by atoms with van der Waals surface area (Å²) in [6, 6.07) is 16.6. The highest BCUT2D eigenvalue weighted by atomic mass is 16.5. The van der Waals surface area contributed by atoms with E-state index in [0.29, 0.717) is 32.7 Å². The quantitative estimate of drug-likeness (QED) is 0.520. The summed E-state index contributed by atoms with van der Waals surface area (Å²) in [7, 11) is 0. The van der Waals surface area contributed by atoms with Gasteiger partial charge in [0.2, 0.25) is 0 Å². The van der Waals surface area contributed by atoms with Crippen molar-refractivity contribution >= 4 is 28.7 Å². The molecule has 0 saturated carbocycles. The summed E-state index contributed by atoms with van der Waals surface area (Å²) in [4.78, 5) is 37.5. The number of amides is 3. The Balaban J connectivity index is 1.12. The van der Waals surface area contributed by atoms with Crippen LogP contribution >= 0.6 is 0 Å². The third kappa shape index (κ3) is 3.98. The summed E-state index contributed by atoms with van der Waals surface area (Å²) >= 11 is 0. The van der Waals surface area contributed by atoms with Gasteiger partial charge < -0.3 is 19.0 Å². The maximum Gasteiger partial charge on any atom is 0.320 e. The molecule has 4 aliphatic rings. The maximum atomic E-state index is 13.7. The molecule has 1 spiro atoms. The van der Waals surface area contributed by atoms with Crippen LogP contribution in [0.5, 0.6) is 0 Å². The van der Waals surface area contributed by atoms with E-state index in [1.54, 1.807) is 6.26 Å². The molecule has 5 heterocycles. The van der Waals surface area contributed by atoms with Crippen LogP contribution in [0, 0.1) is 5.92 Å². The highest BCUT2D eigenvalue weighted by molar-refractivity contribution is 6.15. The van der Waals surface area contributed by atoms with E-state index in [1.807, 2.05) is 26.8 Å². The van der Waals surface area contributed by atoms with Gasteiger partial charge in [-0.1, -0.05) is 30.3 Å². The van der Waals surface area contributed by atoms with E-state index in [1.165, 1.54) is 0 Å². The molecule has 0 N–H and O–H groups in total. The van der Waals surface area contributed by atoms with Crippen LogP contribution in [-0.4, -0.2) is 84.0 Å². The number of carbonyl (C=O) groups is 2. The highest BCUT2D eigenvalue weighted by Gasteiger charge is 2.51. The third-order valence-electron chi connectivity index (χ3n) is 8.52. The number of nitrogens with zero attached hydrogens (tertiary/aromatic N) is 4. The first kappa shape index (κ1) is 23.5.